The number of rotatable bonds is 8. The van der Waals surface area contributed by atoms with Gasteiger partial charge in [-0.15, -0.1) is 0 Å². The van der Waals surface area contributed by atoms with Gasteiger partial charge in [0.15, 0.2) is 0 Å². The molecule has 25 heavy (non-hydrogen) atoms. The van der Waals surface area contributed by atoms with Crippen LogP contribution in [0.3, 0.4) is 0 Å². The molecule has 0 amide bonds. The lowest BCUT2D eigenvalue weighted by molar-refractivity contribution is -0.143. The third-order valence-electron chi connectivity index (χ3n) is 3.37. The minimum atomic E-state index is -3.90. The van der Waals surface area contributed by atoms with E-state index >= 15 is 0 Å². The number of ether oxygens (including phenoxy) is 1. The lowest BCUT2D eigenvalue weighted by atomic mass is 10.1. The first-order valence-corrected chi connectivity index (χ1v) is 9.25. The number of hydrogen-bond acceptors (Lipinski definition) is 6. The molecule has 7 nitrogen and oxygen atoms in total. The van der Waals surface area contributed by atoms with Crippen LogP contribution in [0.25, 0.3) is 0 Å². The van der Waals surface area contributed by atoms with Crippen molar-refractivity contribution < 1.29 is 23.1 Å². The van der Waals surface area contributed by atoms with E-state index in [1.165, 1.54) is 18.2 Å². The number of nitrogens with one attached hydrogen (secondary N) is 1. The van der Waals surface area contributed by atoms with Gasteiger partial charge in [0, 0.05) is 18.4 Å². The second-order valence-corrected chi connectivity index (χ2v) is 7.10. The van der Waals surface area contributed by atoms with Gasteiger partial charge in [-0.1, -0.05) is 12.1 Å². The van der Waals surface area contributed by atoms with Crippen LogP contribution < -0.4 is 4.72 Å². The van der Waals surface area contributed by atoms with Gasteiger partial charge in [-0.3, -0.25) is 9.78 Å². The molecule has 0 aliphatic heterocycles. The van der Waals surface area contributed by atoms with Crippen LogP contribution in [-0.2, 0) is 26.0 Å². The number of hydrogen-bond donors (Lipinski definition) is 2. The average Bonchev–Trinajstić information content (AvgIpc) is 2.55. The maximum atomic E-state index is 12.5. The summed E-state index contributed by atoms with van der Waals surface area (Å²) in [6.45, 7) is 1.91. The van der Waals surface area contributed by atoms with Gasteiger partial charge in [0.05, 0.1) is 17.9 Å². The van der Waals surface area contributed by atoms with Crippen LogP contribution in [0.1, 0.15) is 18.9 Å². The topological polar surface area (TPSA) is 106 Å². The second-order valence-electron chi connectivity index (χ2n) is 5.39. The Morgan fingerprint density at radius 2 is 2.12 bits per heavy atom. The number of carbonyl (C=O) groups is 1. The molecule has 1 aromatic heterocycles. The lowest BCUT2D eigenvalue weighted by Crippen LogP contribution is -2.38. The fourth-order valence-electron chi connectivity index (χ4n) is 2.32. The van der Waals surface area contributed by atoms with Gasteiger partial charge in [0.2, 0.25) is 10.0 Å². The Balaban J connectivity index is 2.20. The normalized spacial score (nSPS) is 12.5. The molecule has 2 aromatic rings. The zero-order valence-corrected chi connectivity index (χ0v) is 14.6. The summed E-state index contributed by atoms with van der Waals surface area (Å²) in [7, 11) is -3.90. The lowest BCUT2D eigenvalue weighted by Gasteiger charge is -2.18. The number of aromatic nitrogens is 1. The molecule has 0 fully saturated rings. The molecule has 1 heterocycles. The van der Waals surface area contributed by atoms with Crippen LogP contribution in [0.2, 0.25) is 0 Å². The minimum absolute atomic E-state index is 0.0763. The Morgan fingerprint density at radius 1 is 1.32 bits per heavy atom. The minimum Gasteiger partial charge on any atom is -0.508 e. The predicted molar refractivity (Wildman–Crippen MR) is 91.4 cm³/mol. The van der Waals surface area contributed by atoms with Crippen molar-refractivity contribution in [3.63, 3.8) is 0 Å². The van der Waals surface area contributed by atoms with E-state index in [1.54, 1.807) is 31.5 Å². The monoisotopic (exact) mass is 364 g/mol. The van der Waals surface area contributed by atoms with Crippen LogP contribution in [0.4, 0.5) is 0 Å². The van der Waals surface area contributed by atoms with E-state index < -0.39 is 22.0 Å². The summed E-state index contributed by atoms with van der Waals surface area (Å²) in [6, 6.07) is 8.17. The number of phenolic OH excluding ortho intramolecular Hbond substituents is 1. The van der Waals surface area contributed by atoms with E-state index in [4.69, 9.17) is 4.74 Å². The SMILES string of the molecule is CCOC(=O)CC(Cc1cccnc1)NS(=O)(=O)c1cccc(O)c1. The first kappa shape index (κ1) is 18.9. The summed E-state index contributed by atoms with van der Waals surface area (Å²) >= 11 is 0. The highest BCUT2D eigenvalue weighted by molar-refractivity contribution is 7.89. The van der Waals surface area contributed by atoms with Crippen LogP contribution >= 0.6 is 0 Å². The van der Waals surface area contributed by atoms with Crippen molar-refractivity contribution in [2.75, 3.05) is 6.61 Å². The molecule has 134 valence electrons. The van der Waals surface area contributed by atoms with Crippen molar-refractivity contribution >= 4 is 16.0 Å². The van der Waals surface area contributed by atoms with Gasteiger partial charge in [-0.25, -0.2) is 13.1 Å². The maximum absolute atomic E-state index is 12.5. The Morgan fingerprint density at radius 3 is 2.76 bits per heavy atom. The van der Waals surface area contributed by atoms with Gasteiger partial charge in [-0.05, 0) is 43.2 Å². The molecule has 0 saturated carbocycles. The summed E-state index contributed by atoms with van der Waals surface area (Å²) < 4.78 is 32.5. The fraction of sp³-hybridized carbons (Fsp3) is 0.294. The average molecular weight is 364 g/mol. The third kappa shape index (κ3) is 5.84. The third-order valence-corrected chi connectivity index (χ3v) is 4.89. The number of carbonyl (C=O) groups excluding carboxylic acids is 1. The smallest absolute Gasteiger partial charge is 0.307 e. The van der Waals surface area contributed by atoms with E-state index in [2.05, 4.69) is 9.71 Å². The molecule has 1 atom stereocenters. The predicted octanol–water partition coefficient (Wildman–Crippen LogP) is 1.63. The number of esters is 1. The first-order valence-electron chi connectivity index (χ1n) is 7.76. The number of benzene rings is 1. The van der Waals surface area contributed by atoms with Crippen molar-refractivity contribution in [2.45, 2.75) is 30.7 Å². The van der Waals surface area contributed by atoms with E-state index in [0.29, 0.717) is 0 Å². The molecule has 0 spiro atoms. The quantitative estimate of drug-likeness (QED) is 0.690. The highest BCUT2D eigenvalue weighted by atomic mass is 32.2. The van der Waals surface area contributed by atoms with Crippen molar-refractivity contribution in [1.82, 2.24) is 9.71 Å². The summed E-state index contributed by atoms with van der Waals surface area (Å²) in [4.78, 5) is 15.7. The van der Waals surface area contributed by atoms with E-state index in [-0.39, 0.29) is 30.1 Å². The molecule has 0 aliphatic rings. The molecule has 0 aliphatic carbocycles. The van der Waals surface area contributed by atoms with Gasteiger partial charge in [-0.2, -0.15) is 0 Å². The number of nitrogens with zero attached hydrogens (tertiary/aromatic N) is 1. The zero-order valence-electron chi connectivity index (χ0n) is 13.8. The summed E-state index contributed by atoms with van der Waals surface area (Å²) in [5, 5.41) is 9.49. The zero-order chi connectivity index (χ0) is 18.3. The van der Waals surface area contributed by atoms with Crippen molar-refractivity contribution in [1.29, 1.82) is 0 Å². The van der Waals surface area contributed by atoms with E-state index in [9.17, 15) is 18.3 Å². The molecule has 8 heteroatoms. The fourth-order valence-corrected chi connectivity index (χ4v) is 3.59. The van der Waals surface area contributed by atoms with Crippen molar-refractivity contribution in [2.24, 2.45) is 0 Å². The van der Waals surface area contributed by atoms with Crippen LogP contribution in [0, 0.1) is 0 Å². The Bertz CT molecular complexity index is 809. The Hall–Kier alpha value is -2.45. The van der Waals surface area contributed by atoms with Crippen LogP contribution in [0.5, 0.6) is 5.75 Å². The molecule has 2 rings (SSSR count). The molecule has 1 unspecified atom stereocenters. The van der Waals surface area contributed by atoms with Gasteiger partial charge in [0.25, 0.3) is 0 Å². The molecular weight excluding hydrogens is 344 g/mol. The summed E-state index contributed by atoms with van der Waals surface area (Å²) in [5.74, 6) is -0.646. The maximum Gasteiger partial charge on any atom is 0.307 e. The van der Waals surface area contributed by atoms with Gasteiger partial charge < -0.3 is 9.84 Å². The second kappa shape index (κ2) is 8.59. The number of pyridine rings is 1. The van der Waals surface area contributed by atoms with Gasteiger partial charge in [0.1, 0.15) is 5.75 Å². The molecule has 0 bridgehead atoms. The first-order chi connectivity index (χ1) is 11.9. The summed E-state index contributed by atoms with van der Waals surface area (Å²) in [6.07, 6.45) is 3.40. The van der Waals surface area contributed by atoms with Crippen LogP contribution in [0.15, 0.2) is 53.7 Å². The molecule has 1 aromatic carbocycles. The Labute approximate surface area is 146 Å². The summed E-state index contributed by atoms with van der Waals surface area (Å²) in [5.41, 5.74) is 0.787. The Kier molecular flexibility index (Phi) is 6.49. The highest BCUT2D eigenvalue weighted by Gasteiger charge is 2.23. The largest absolute Gasteiger partial charge is 0.508 e. The van der Waals surface area contributed by atoms with Crippen molar-refractivity contribution in [3.8, 4) is 5.75 Å². The molecule has 2 N–H and O–H groups in total. The number of phenols is 1. The number of aromatic hydroxyl groups is 1. The van der Waals surface area contributed by atoms with Gasteiger partial charge >= 0.3 is 5.97 Å². The molecule has 0 radical (unpaired) electrons. The molecule has 0 saturated heterocycles. The van der Waals surface area contributed by atoms with Crippen LogP contribution in [-0.4, -0.2) is 37.1 Å². The molecular formula is C17H20N2O5S. The van der Waals surface area contributed by atoms with Crippen molar-refractivity contribution in [3.05, 3.63) is 54.4 Å². The highest BCUT2D eigenvalue weighted by Crippen LogP contribution is 2.17. The van der Waals surface area contributed by atoms with E-state index in [1.807, 2.05) is 0 Å². The number of sulfonamides is 1. The van der Waals surface area contributed by atoms with E-state index in [0.717, 1.165) is 11.6 Å². The standard InChI is InChI=1S/C17H20N2O5S/c1-2-24-17(21)10-14(9-13-5-4-8-18-12-13)19-25(22,23)16-7-3-6-15(20)11-16/h3-8,11-12,14,19-20H,2,9-10H2,1H3.